The van der Waals surface area contributed by atoms with E-state index in [0.717, 1.165) is 5.56 Å². The molecule has 2 unspecified atom stereocenters. The van der Waals surface area contributed by atoms with E-state index >= 15 is 0 Å². The Bertz CT molecular complexity index is 1320. The Labute approximate surface area is 224 Å². The van der Waals surface area contributed by atoms with Gasteiger partial charge in [0.2, 0.25) is 11.8 Å². The number of pyridine rings is 1. The molecule has 9 nitrogen and oxygen atoms in total. The van der Waals surface area contributed by atoms with Gasteiger partial charge in [0, 0.05) is 43.3 Å². The van der Waals surface area contributed by atoms with E-state index in [9.17, 15) is 23.9 Å². The van der Waals surface area contributed by atoms with Crippen LogP contribution in [0.15, 0.2) is 73.1 Å². The number of hydrogen-bond donors (Lipinski definition) is 4. The number of nitrogens with one attached hydrogen (secondary N) is 3. The number of carboxylic acid groups (broad SMARTS) is 1. The van der Waals surface area contributed by atoms with Crippen LogP contribution in [0.3, 0.4) is 0 Å². The van der Waals surface area contributed by atoms with Gasteiger partial charge in [-0.3, -0.25) is 19.4 Å². The molecule has 0 aliphatic carbocycles. The predicted molar refractivity (Wildman–Crippen MR) is 144 cm³/mol. The Kier molecular flexibility index (Phi) is 8.59. The summed E-state index contributed by atoms with van der Waals surface area (Å²) >= 11 is 5.35. The minimum atomic E-state index is -1.06. The molecule has 0 radical (unpaired) electrons. The maximum atomic E-state index is 13.1. The summed E-state index contributed by atoms with van der Waals surface area (Å²) in [5.74, 6) is -2.61. The Balaban J connectivity index is 1.36. The van der Waals surface area contributed by atoms with Crippen LogP contribution in [0.4, 0.5) is 15.8 Å². The smallest absolute Gasteiger partial charge is 0.305 e. The third-order valence-corrected chi connectivity index (χ3v) is 6.31. The summed E-state index contributed by atoms with van der Waals surface area (Å²) in [6, 6.07) is 15.8. The average Bonchev–Trinajstić information content (AvgIpc) is 3.30. The summed E-state index contributed by atoms with van der Waals surface area (Å²) in [5, 5.41) is 18.5. The van der Waals surface area contributed by atoms with Gasteiger partial charge in [-0.25, -0.2) is 4.39 Å². The molecule has 1 aromatic heterocycles. The number of carboxylic acids is 1. The Morgan fingerprint density at radius 3 is 2.66 bits per heavy atom. The lowest BCUT2D eigenvalue weighted by molar-refractivity contribution is -0.138. The summed E-state index contributed by atoms with van der Waals surface area (Å²) in [6.07, 6.45) is 2.78. The van der Waals surface area contributed by atoms with E-state index in [-0.39, 0.29) is 31.1 Å². The number of carbonyl (C=O) groups excluding carboxylic acids is 2. The van der Waals surface area contributed by atoms with Gasteiger partial charge in [-0.2, -0.15) is 0 Å². The van der Waals surface area contributed by atoms with Crippen molar-refractivity contribution in [2.45, 2.75) is 25.4 Å². The zero-order valence-corrected chi connectivity index (χ0v) is 21.1. The first kappa shape index (κ1) is 26.7. The van der Waals surface area contributed by atoms with Crippen LogP contribution in [-0.4, -0.2) is 39.5 Å². The number of halogens is 1. The molecule has 0 saturated carbocycles. The SMILES string of the molecule is O=C(O)CC(NC(=O)C1CC(=O)N(c2cccc(NC(=S)NCc3ccc(F)cc3)c2)C1)c1cccnc1. The molecule has 11 heteroatoms. The van der Waals surface area contributed by atoms with Gasteiger partial charge >= 0.3 is 5.97 Å². The summed E-state index contributed by atoms with van der Waals surface area (Å²) in [6.45, 7) is 0.573. The van der Waals surface area contributed by atoms with E-state index in [0.29, 0.717) is 28.6 Å². The molecule has 196 valence electrons. The van der Waals surface area contributed by atoms with Crippen LogP contribution < -0.4 is 20.9 Å². The molecule has 0 bridgehead atoms. The fraction of sp³-hybridized carbons (Fsp3) is 0.222. The van der Waals surface area contributed by atoms with Gasteiger partial charge in [0.1, 0.15) is 5.82 Å². The number of anilines is 2. The number of aliphatic carboxylic acids is 1. The number of rotatable bonds is 9. The lowest BCUT2D eigenvalue weighted by Gasteiger charge is -2.20. The lowest BCUT2D eigenvalue weighted by Crippen LogP contribution is -2.36. The number of amides is 2. The lowest BCUT2D eigenvalue weighted by atomic mass is 10.0. The highest BCUT2D eigenvalue weighted by molar-refractivity contribution is 7.80. The van der Waals surface area contributed by atoms with E-state index in [1.54, 1.807) is 54.7 Å². The maximum Gasteiger partial charge on any atom is 0.305 e. The predicted octanol–water partition coefficient (Wildman–Crippen LogP) is 3.39. The van der Waals surface area contributed by atoms with Crippen molar-refractivity contribution in [3.8, 4) is 0 Å². The van der Waals surface area contributed by atoms with Gasteiger partial charge in [0.15, 0.2) is 5.11 Å². The minimum absolute atomic E-state index is 0.00789. The van der Waals surface area contributed by atoms with Crippen LogP contribution in [0.25, 0.3) is 0 Å². The van der Waals surface area contributed by atoms with Crippen molar-refractivity contribution in [1.29, 1.82) is 0 Å². The van der Waals surface area contributed by atoms with E-state index in [2.05, 4.69) is 20.9 Å². The molecular formula is C27H26FN5O4S. The molecule has 1 aliphatic rings. The molecule has 1 fully saturated rings. The van der Waals surface area contributed by atoms with E-state index in [1.165, 1.54) is 23.2 Å². The van der Waals surface area contributed by atoms with Crippen molar-refractivity contribution >= 4 is 46.5 Å². The third kappa shape index (κ3) is 7.10. The van der Waals surface area contributed by atoms with Crippen molar-refractivity contribution in [2.75, 3.05) is 16.8 Å². The fourth-order valence-electron chi connectivity index (χ4n) is 4.14. The number of thiocarbonyl (C=S) groups is 1. The van der Waals surface area contributed by atoms with Crippen molar-refractivity contribution in [1.82, 2.24) is 15.6 Å². The molecule has 2 atom stereocenters. The topological polar surface area (TPSA) is 124 Å². The third-order valence-electron chi connectivity index (χ3n) is 6.06. The highest BCUT2D eigenvalue weighted by Gasteiger charge is 2.36. The molecule has 38 heavy (non-hydrogen) atoms. The largest absolute Gasteiger partial charge is 0.481 e. The van der Waals surface area contributed by atoms with Crippen LogP contribution in [0.5, 0.6) is 0 Å². The number of hydrogen-bond acceptors (Lipinski definition) is 5. The molecule has 1 saturated heterocycles. The molecule has 4 N–H and O–H groups in total. The summed E-state index contributed by atoms with van der Waals surface area (Å²) < 4.78 is 13.1. The molecular weight excluding hydrogens is 509 g/mol. The molecule has 2 aromatic carbocycles. The summed E-state index contributed by atoms with van der Waals surface area (Å²) in [7, 11) is 0. The van der Waals surface area contributed by atoms with Crippen molar-refractivity contribution in [2.24, 2.45) is 5.92 Å². The zero-order chi connectivity index (χ0) is 27.1. The van der Waals surface area contributed by atoms with Crippen LogP contribution in [0.2, 0.25) is 0 Å². The number of benzene rings is 2. The minimum Gasteiger partial charge on any atom is -0.481 e. The monoisotopic (exact) mass is 535 g/mol. The molecule has 1 aliphatic heterocycles. The second kappa shape index (κ2) is 12.2. The standard InChI is InChI=1S/C27H26FN5O4S/c28-20-8-6-17(7-9-20)14-30-27(38)31-21-4-1-5-22(12-21)33-16-19(11-24(33)34)26(37)32-23(13-25(35)36)18-3-2-10-29-15-18/h1-10,12,15,19,23H,11,13-14,16H2,(H,32,37)(H,35,36)(H2,30,31,38). The maximum absolute atomic E-state index is 13.1. The van der Waals surface area contributed by atoms with Crippen LogP contribution in [0, 0.1) is 11.7 Å². The Morgan fingerprint density at radius 1 is 1.16 bits per heavy atom. The highest BCUT2D eigenvalue weighted by Crippen LogP contribution is 2.28. The Hall–Kier alpha value is -4.38. The van der Waals surface area contributed by atoms with Crippen molar-refractivity contribution in [3.05, 3.63) is 90.0 Å². The molecule has 3 aromatic rings. The van der Waals surface area contributed by atoms with Gasteiger partial charge in [-0.15, -0.1) is 0 Å². The first-order chi connectivity index (χ1) is 18.3. The first-order valence-electron chi connectivity index (χ1n) is 11.9. The number of aromatic nitrogens is 1. The second-order valence-corrected chi connectivity index (χ2v) is 9.24. The van der Waals surface area contributed by atoms with Gasteiger partial charge < -0.3 is 26.0 Å². The molecule has 0 spiro atoms. The quantitative estimate of drug-likeness (QED) is 0.308. The number of nitrogens with zero attached hydrogens (tertiary/aromatic N) is 2. The van der Waals surface area contributed by atoms with Gasteiger partial charge in [0.25, 0.3) is 0 Å². The van der Waals surface area contributed by atoms with E-state index < -0.39 is 23.8 Å². The normalized spacial score (nSPS) is 15.6. The molecule has 2 heterocycles. The first-order valence-corrected chi connectivity index (χ1v) is 12.3. The van der Waals surface area contributed by atoms with E-state index in [4.69, 9.17) is 12.2 Å². The van der Waals surface area contributed by atoms with Crippen molar-refractivity contribution < 1.29 is 23.9 Å². The van der Waals surface area contributed by atoms with E-state index in [1.807, 2.05) is 0 Å². The van der Waals surface area contributed by atoms with Crippen LogP contribution in [0.1, 0.15) is 30.0 Å². The van der Waals surface area contributed by atoms with Crippen LogP contribution >= 0.6 is 12.2 Å². The summed E-state index contributed by atoms with van der Waals surface area (Å²) in [5.41, 5.74) is 2.70. The number of carbonyl (C=O) groups is 3. The van der Waals surface area contributed by atoms with Gasteiger partial charge in [0.05, 0.1) is 18.4 Å². The second-order valence-electron chi connectivity index (χ2n) is 8.84. The van der Waals surface area contributed by atoms with Gasteiger partial charge in [-0.05, 0) is 59.7 Å². The molecule has 2 amide bonds. The average molecular weight is 536 g/mol. The van der Waals surface area contributed by atoms with Crippen molar-refractivity contribution in [3.63, 3.8) is 0 Å². The zero-order valence-electron chi connectivity index (χ0n) is 20.3. The summed E-state index contributed by atoms with van der Waals surface area (Å²) in [4.78, 5) is 42.7. The molecule has 4 rings (SSSR count). The fourth-order valence-corrected chi connectivity index (χ4v) is 4.33. The Morgan fingerprint density at radius 2 is 1.95 bits per heavy atom. The highest BCUT2D eigenvalue weighted by atomic mass is 32.1. The van der Waals surface area contributed by atoms with Crippen LogP contribution in [-0.2, 0) is 20.9 Å². The van der Waals surface area contributed by atoms with Gasteiger partial charge in [-0.1, -0.05) is 24.3 Å².